The van der Waals surface area contributed by atoms with E-state index in [1.807, 2.05) is 6.20 Å². The maximum Gasteiger partial charge on any atom is 0.292 e. The summed E-state index contributed by atoms with van der Waals surface area (Å²) in [6.07, 6.45) is 5.95. The first-order valence-electron chi connectivity index (χ1n) is 11.1. The van der Waals surface area contributed by atoms with Crippen molar-refractivity contribution in [2.45, 2.75) is 39.5 Å². The Balaban J connectivity index is 0.000000688. The highest BCUT2D eigenvalue weighted by Crippen LogP contribution is 2.25. The van der Waals surface area contributed by atoms with Crippen LogP contribution in [-0.2, 0) is 20.7 Å². The second-order valence-corrected chi connectivity index (χ2v) is 8.24. The van der Waals surface area contributed by atoms with Crippen molar-refractivity contribution >= 4 is 39.1 Å². The highest BCUT2D eigenvalue weighted by Gasteiger charge is 2.05. The van der Waals surface area contributed by atoms with Crippen molar-refractivity contribution in [1.82, 2.24) is 20.6 Å². The summed E-state index contributed by atoms with van der Waals surface area (Å²) in [4.78, 5) is 28.2. The second-order valence-electron chi connectivity index (χ2n) is 7.33. The lowest BCUT2D eigenvalue weighted by molar-refractivity contribution is -0.126. The summed E-state index contributed by atoms with van der Waals surface area (Å²) >= 11 is 3.51. The average molecular weight is 519 g/mol. The van der Waals surface area contributed by atoms with Crippen molar-refractivity contribution in [2.75, 3.05) is 27.2 Å². The summed E-state index contributed by atoms with van der Waals surface area (Å²) in [6.45, 7) is 5.69. The Morgan fingerprint density at radius 3 is 2.48 bits per heavy atom. The van der Waals surface area contributed by atoms with Gasteiger partial charge in [-0.2, -0.15) is 0 Å². The van der Waals surface area contributed by atoms with E-state index in [1.54, 1.807) is 7.05 Å². The molecule has 8 heteroatoms. The van der Waals surface area contributed by atoms with Crippen molar-refractivity contribution in [2.24, 2.45) is 0 Å². The number of aromatic nitrogens is 2. The minimum absolute atomic E-state index is 0.0381. The lowest BCUT2D eigenvalue weighted by Crippen LogP contribution is -2.32. The number of nitrogens with zero attached hydrogens (tertiary/aromatic N) is 1. The van der Waals surface area contributed by atoms with Gasteiger partial charge in [-0.3, -0.25) is 9.59 Å². The molecule has 7 nitrogen and oxygen atoms in total. The molecule has 0 spiro atoms. The van der Waals surface area contributed by atoms with E-state index in [1.165, 1.54) is 24.3 Å². The zero-order valence-corrected chi connectivity index (χ0v) is 21.5. The fraction of sp³-hybridized carbons (Fsp3) is 0.400. The molecule has 180 valence electrons. The van der Waals surface area contributed by atoms with Gasteiger partial charge in [-0.25, -0.2) is 4.98 Å². The molecule has 1 amide bonds. The molecule has 33 heavy (non-hydrogen) atoms. The van der Waals surface area contributed by atoms with Crippen LogP contribution in [0.5, 0.6) is 0 Å². The van der Waals surface area contributed by atoms with Crippen molar-refractivity contribution in [3.8, 4) is 11.3 Å². The van der Waals surface area contributed by atoms with Crippen LogP contribution in [0.15, 0.2) is 47.1 Å². The van der Waals surface area contributed by atoms with Gasteiger partial charge in [0, 0.05) is 23.0 Å². The SMILES string of the molecule is CCC.CNCC(=O)NCCCCc1ncc(-c2ccc3cc(Br)ccc3c2)[nH]1.COC=O. The van der Waals surface area contributed by atoms with Gasteiger partial charge in [0.15, 0.2) is 0 Å². The van der Waals surface area contributed by atoms with E-state index in [-0.39, 0.29) is 5.91 Å². The number of hydrogen-bond donors (Lipinski definition) is 3. The zero-order chi connectivity index (χ0) is 24.5. The van der Waals surface area contributed by atoms with Gasteiger partial charge < -0.3 is 20.4 Å². The summed E-state index contributed by atoms with van der Waals surface area (Å²) < 4.78 is 4.95. The standard InChI is InChI=1S/C20H23BrN4O.C3H8.C2H4O2/c1-22-13-20(26)23-9-3-2-4-19-24-12-18(25-19)16-6-5-15-11-17(21)8-7-14(15)10-16;1-3-2;1-4-2-3/h5-8,10-12,22H,2-4,9,13H2,1H3,(H,23,26)(H,24,25);3H2,1-2H3;2H,1H3. The molecule has 0 unspecified atom stereocenters. The molecule has 3 N–H and O–H groups in total. The van der Waals surface area contributed by atoms with Crippen LogP contribution in [0.2, 0.25) is 0 Å². The molecule has 1 aromatic heterocycles. The molecule has 3 aromatic rings. The monoisotopic (exact) mass is 518 g/mol. The Bertz CT molecular complexity index is 975. The number of carbonyl (C=O) groups excluding carboxylic acids is 2. The number of benzene rings is 2. The molecule has 1 heterocycles. The third kappa shape index (κ3) is 11.1. The number of likely N-dealkylation sites (N-methyl/N-ethyl adjacent to an activating group) is 1. The first-order chi connectivity index (χ1) is 16.0. The molecule has 2 aromatic carbocycles. The predicted octanol–water partition coefficient (Wildman–Crippen LogP) is 4.86. The van der Waals surface area contributed by atoms with Crippen molar-refractivity contribution in [3.63, 3.8) is 0 Å². The van der Waals surface area contributed by atoms with Gasteiger partial charge in [0.1, 0.15) is 5.82 Å². The molecule has 0 bridgehead atoms. The summed E-state index contributed by atoms with van der Waals surface area (Å²) in [5.74, 6) is 1.02. The number of fused-ring (bicyclic) bond motifs is 1. The van der Waals surface area contributed by atoms with Crippen LogP contribution >= 0.6 is 15.9 Å². The van der Waals surface area contributed by atoms with Crippen LogP contribution in [0.25, 0.3) is 22.0 Å². The van der Waals surface area contributed by atoms with Crippen LogP contribution in [0.3, 0.4) is 0 Å². The van der Waals surface area contributed by atoms with E-state index in [2.05, 4.69) is 91.5 Å². The molecule has 0 radical (unpaired) electrons. The number of carbonyl (C=O) groups is 2. The number of nitrogens with one attached hydrogen (secondary N) is 3. The molecule has 0 aliphatic carbocycles. The normalized spacial score (nSPS) is 9.85. The van der Waals surface area contributed by atoms with Gasteiger partial charge in [0.2, 0.25) is 5.91 Å². The summed E-state index contributed by atoms with van der Waals surface area (Å²) in [6, 6.07) is 12.7. The van der Waals surface area contributed by atoms with Gasteiger partial charge in [0.05, 0.1) is 25.5 Å². The molecule has 0 aliphatic heterocycles. The Hall–Kier alpha value is -2.71. The summed E-state index contributed by atoms with van der Waals surface area (Å²) in [5.41, 5.74) is 2.17. The number of methoxy groups -OCH3 is 1. The number of H-pyrrole nitrogens is 1. The van der Waals surface area contributed by atoms with Gasteiger partial charge in [0.25, 0.3) is 6.47 Å². The number of rotatable bonds is 9. The number of unbranched alkanes of at least 4 members (excludes halogenated alkanes) is 1. The number of imidazole rings is 1. The molecule has 3 rings (SSSR count). The van der Waals surface area contributed by atoms with E-state index in [9.17, 15) is 4.79 Å². The van der Waals surface area contributed by atoms with E-state index in [4.69, 9.17) is 4.79 Å². The topological polar surface area (TPSA) is 96.1 Å². The van der Waals surface area contributed by atoms with Gasteiger partial charge in [-0.05, 0) is 48.9 Å². The first kappa shape index (κ1) is 28.3. The number of amides is 1. The molecule has 0 saturated carbocycles. The Morgan fingerprint density at radius 1 is 1.15 bits per heavy atom. The molecular weight excluding hydrogens is 484 g/mol. The largest absolute Gasteiger partial charge is 0.471 e. The number of hydrogen-bond acceptors (Lipinski definition) is 5. The highest BCUT2D eigenvalue weighted by atomic mass is 79.9. The third-order valence-electron chi connectivity index (χ3n) is 4.34. The zero-order valence-electron chi connectivity index (χ0n) is 19.9. The van der Waals surface area contributed by atoms with Gasteiger partial charge in [-0.1, -0.05) is 54.4 Å². The number of aromatic amines is 1. The molecule has 0 saturated heterocycles. The highest BCUT2D eigenvalue weighted by molar-refractivity contribution is 9.10. The summed E-state index contributed by atoms with van der Waals surface area (Å²) in [7, 11) is 3.08. The second kappa shape index (κ2) is 16.9. The molecule has 0 fully saturated rings. The minimum Gasteiger partial charge on any atom is -0.471 e. The molecule has 0 aliphatic rings. The Morgan fingerprint density at radius 2 is 1.82 bits per heavy atom. The maximum atomic E-state index is 11.4. The van der Waals surface area contributed by atoms with Crippen molar-refractivity contribution in [3.05, 3.63) is 52.9 Å². The van der Waals surface area contributed by atoms with E-state index >= 15 is 0 Å². The molecular formula is C25H35BrN4O3. The fourth-order valence-electron chi connectivity index (χ4n) is 2.89. The molecule has 0 atom stereocenters. The van der Waals surface area contributed by atoms with Gasteiger partial charge >= 0.3 is 0 Å². The Kier molecular flexibility index (Phi) is 14.5. The Labute approximate surface area is 204 Å². The van der Waals surface area contributed by atoms with Crippen LogP contribution in [0.1, 0.15) is 38.9 Å². The first-order valence-corrected chi connectivity index (χ1v) is 11.9. The van der Waals surface area contributed by atoms with Crippen molar-refractivity contribution in [1.29, 1.82) is 0 Å². The summed E-state index contributed by atoms with van der Waals surface area (Å²) in [5, 5.41) is 8.14. The quantitative estimate of drug-likeness (QED) is 0.277. The van der Waals surface area contributed by atoms with Crippen molar-refractivity contribution < 1.29 is 14.3 Å². The number of aryl methyl sites for hydroxylation is 1. The minimum atomic E-state index is 0.0381. The third-order valence-corrected chi connectivity index (χ3v) is 4.83. The van der Waals surface area contributed by atoms with Gasteiger partial charge in [-0.15, -0.1) is 0 Å². The van der Waals surface area contributed by atoms with Crippen LogP contribution in [0, 0.1) is 0 Å². The van der Waals surface area contributed by atoms with Crippen LogP contribution in [0.4, 0.5) is 0 Å². The predicted molar refractivity (Wildman–Crippen MR) is 138 cm³/mol. The fourth-order valence-corrected chi connectivity index (χ4v) is 3.27. The maximum absolute atomic E-state index is 11.4. The smallest absolute Gasteiger partial charge is 0.292 e. The number of halogens is 1. The lowest BCUT2D eigenvalue weighted by atomic mass is 10.1. The van der Waals surface area contributed by atoms with E-state index in [0.717, 1.165) is 40.8 Å². The van der Waals surface area contributed by atoms with E-state index in [0.29, 0.717) is 19.6 Å². The number of ether oxygens (including phenoxy) is 1. The average Bonchev–Trinajstić information content (AvgIpc) is 3.28. The van der Waals surface area contributed by atoms with Crippen LogP contribution in [-0.4, -0.2) is 49.6 Å². The lowest BCUT2D eigenvalue weighted by Gasteiger charge is -2.04. The van der Waals surface area contributed by atoms with E-state index < -0.39 is 0 Å². The van der Waals surface area contributed by atoms with Crippen LogP contribution < -0.4 is 10.6 Å².